The van der Waals surface area contributed by atoms with Gasteiger partial charge in [0.1, 0.15) is 11.2 Å². The van der Waals surface area contributed by atoms with Crippen molar-refractivity contribution in [2.45, 2.75) is 12.5 Å². The third-order valence-corrected chi connectivity index (χ3v) is 3.98. The molecule has 1 unspecified atom stereocenters. The molecule has 0 spiro atoms. The zero-order valence-corrected chi connectivity index (χ0v) is 13.3. The maximum absolute atomic E-state index is 12.4. The first-order valence-electron chi connectivity index (χ1n) is 7.16. The molecular formula is C17H16ClN3O2. The van der Waals surface area contributed by atoms with Crippen molar-refractivity contribution in [3.63, 3.8) is 0 Å². The molecule has 1 amide bonds. The number of pyridine rings is 1. The highest BCUT2D eigenvalue weighted by Gasteiger charge is 2.24. The highest BCUT2D eigenvalue weighted by atomic mass is 35.5. The molecule has 0 saturated carbocycles. The number of H-pyrrole nitrogens is 1. The lowest BCUT2D eigenvalue weighted by atomic mass is 9.96. The van der Waals surface area contributed by atoms with Crippen molar-refractivity contribution in [3.8, 4) is 0 Å². The van der Waals surface area contributed by atoms with Crippen molar-refractivity contribution >= 4 is 28.5 Å². The monoisotopic (exact) mass is 329 g/mol. The number of halogens is 1. The van der Waals surface area contributed by atoms with E-state index >= 15 is 0 Å². The second-order valence-electron chi connectivity index (χ2n) is 5.57. The molecule has 3 aromatic rings. The van der Waals surface area contributed by atoms with Crippen molar-refractivity contribution in [2.24, 2.45) is 0 Å². The number of aromatic nitrogens is 2. The van der Waals surface area contributed by atoms with Gasteiger partial charge in [0.2, 0.25) is 0 Å². The van der Waals surface area contributed by atoms with Crippen molar-refractivity contribution in [1.82, 2.24) is 15.3 Å². The maximum atomic E-state index is 12.4. The number of nitrogens with zero attached hydrogens (tertiary/aromatic N) is 1. The van der Waals surface area contributed by atoms with Crippen LogP contribution in [0.3, 0.4) is 0 Å². The Balaban J connectivity index is 1.77. The molecule has 2 heterocycles. The minimum absolute atomic E-state index is 0.0699. The molecule has 0 radical (unpaired) electrons. The highest BCUT2D eigenvalue weighted by molar-refractivity contribution is 6.30. The summed E-state index contributed by atoms with van der Waals surface area (Å²) in [5.74, 6) is -0.265. The van der Waals surface area contributed by atoms with Crippen LogP contribution in [-0.2, 0) is 5.60 Å². The van der Waals surface area contributed by atoms with Crippen LogP contribution < -0.4 is 5.32 Å². The van der Waals surface area contributed by atoms with Crippen molar-refractivity contribution in [1.29, 1.82) is 0 Å². The van der Waals surface area contributed by atoms with Crippen molar-refractivity contribution in [2.75, 3.05) is 6.54 Å². The number of fused-ring (bicyclic) bond motifs is 1. The summed E-state index contributed by atoms with van der Waals surface area (Å²) in [5, 5.41) is 14.6. The largest absolute Gasteiger partial charge is 0.384 e. The maximum Gasteiger partial charge on any atom is 0.252 e. The number of hydrogen-bond acceptors (Lipinski definition) is 3. The molecule has 0 aliphatic rings. The average Bonchev–Trinajstić information content (AvgIpc) is 3.01. The van der Waals surface area contributed by atoms with E-state index in [2.05, 4.69) is 15.3 Å². The van der Waals surface area contributed by atoms with Gasteiger partial charge in [-0.3, -0.25) is 4.79 Å². The Morgan fingerprint density at radius 1 is 1.39 bits per heavy atom. The summed E-state index contributed by atoms with van der Waals surface area (Å²) in [4.78, 5) is 19.5. The number of hydrogen-bond donors (Lipinski definition) is 3. The first-order valence-corrected chi connectivity index (χ1v) is 7.54. The van der Waals surface area contributed by atoms with Crippen LogP contribution in [0.1, 0.15) is 22.8 Å². The molecule has 3 rings (SSSR count). The minimum Gasteiger partial charge on any atom is -0.384 e. The quantitative estimate of drug-likeness (QED) is 0.688. The van der Waals surface area contributed by atoms with E-state index in [1.165, 1.54) is 0 Å². The predicted molar refractivity (Wildman–Crippen MR) is 89.4 cm³/mol. The van der Waals surface area contributed by atoms with E-state index < -0.39 is 5.60 Å². The molecule has 118 valence electrons. The Morgan fingerprint density at radius 3 is 3.00 bits per heavy atom. The molecule has 1 atom stereocenters. The number of aliphatic hydroxyl groups is 1. The van der Waals surface area contributed by atoms with Crippen LogP contribution in [0.4, 0.5) is 0 Å². The van der Waals surface area contributed by atoms with Gasteiger partial charge >= 0.3 is 0 Å². The standard InChI is InChI=1S/C17H16ClN3O2/c1-17(23,11-3-2-4-12(18)9-11)10-21-16(22)14-6-8-20-15-13(14)5-7-19-15/h2-9,23H,10H2,1H3,(H,19,20)(H,21,22). The van der Waals surface area contributed by atoms with Gasteiger partial charge in [0.05, 0.1) is 12.1 Å². The van der Waals surface area contributed by atoms with Gasteiger partial charge in [0.15, 0.2) is 0 Å². The fourth-order valence-electron chi connectivity index (χ4n) is 2.43. The number of carbonyl (C=O) groups excluding carboxylic acids is 1. The number of amides is 1. The summed E-state index contributed by atoms with van der Waals surface area (Å²) in [6.07, 6.45) is 3.30. The predicted octanol–water partition coefficient (Wildman–Crippen LogP) is 2.85. The van der Waals surface area contributed by atoms with Gasteiger partial charge in [-0.1, -0.05) is 23.7 Å². The molecular weight excluding hydrogens is 314 g/mol. The van der Waals surface area contributed by atoms with Crippen LogP contribution in [0.15, 0.2) is 48.8 Å². The lowest BCUT2D eigenvalue weighted by molar-refractivity contribution is 0.0527. The van der Waals surface area contributed by atoms with Gasteiger partial charge in [-0.15, -0.1) is 0 Å². The molecule has 0 fully saturated rings. The van der Waals surface area contributed by atoms with E-state index in [1.807, 2.05) is 0 Å². The average molecular weight is 330 g/mol. The molecule has 5 nitrogen and oxygen atoms in total. The highest BCUT2D eigenvalue weighted by Crippen LogP contribution is 2.23. The first-order chi connectivity index (χ1) is 11.0. The fraction of sp³-hybridized carbons (Fsp3) is 0.176. The molecule has 23 heavy (non-hydrogen) atoms. The van der Waals surface area contributed by atoms with Crippen LogP contribution in [-0.4, -0.2) is 27.5 Å². The smallest absolute Gasteiger partial charge is 0.252 e. The molecule has 0 aliphatic heterocycles. The van der Waals surface area contributed by atoms with Gasteiger partial charge in [-0.25, -0.2) is 4.98 Å². The van der Waals surface area contributed by atoms with Crippen LogP contribution in [0.2, 0.25) is 5.02 Å². The molecule has 3 N–H and O–H groups in total. The Hall–Kier alpha value is -2.37. The second-order valence-corrected chi connectivity index (χ2v) is 6.00. The Morgan fingerprint density at radius 2 is 2.22 bits per heavy atom. The summed E-state index contributed by atoms with van der Waals surface area (Å²) in [6.45, 7) is 1.71. The van der Waals surface area contributed by atoms with E-state index in [0.717, 1.165) is 5.39 Å². The van der Waals surface area contributed by atoms with Gasteiger partial charge < -0.3 is 15.4 Å². The fourth-order valence-corrected chi connectivity index (χ4v) is 2.62. The number of carbonyl (C=O) groups is 1. The van der Waals surface area contributed by atoms with Crippen LogP contribution in [0.5, 0.6) is 0 Å². The number of rotatable bonds is 4. The molecule has 1 aromatic carbocycles. The lowest BCUT2D eigenvalue weighted by Gasteiger charge is -2.24. The van der Waals surface area contributed by atoms with Crippen molar-refractivity contribution in [3.05, 3.63) is 64.9 Å². The van der Waals surface area contributed by atoms with Crippen LogP contribution in [0.25, 0.3) is 11.0 Å². The van der Waals surface area contributed by atoms with Gasteiger partial charge in [-0.2, -0.15) is 0 Å². The van der Waals surface area contributed by atoms with E-state index in [-0.39, 0.29) is 12.5 Å². The topological polar surface area (TPSA) is 78.0 Å². The van der Waals surface area contributed by atoms with E-state index in [1.54, 1.807) is 55.7 Å². The Labute approximate surface area is 138 Å². The number of aromatic amines is 1. The third-order valence-electron chi connectivity index (χ3n) is 3.74. The number of nitrogens with one attached hydrogen (secondary N) is 2. The summed E-state index contributed by atoms with van der Waals surface area (Å²) >= 11 is 5.95. The molecule has 0 saturated heterocycles. The zero-order valence-electron chi connectivity index (χ0n) is 12.5. The Kier molecular flexibility index (Phi) is 4.07. The van der Waals surface area contributed by atoms with Gasteiger partial charge in [0.25, 0.3) is 5.91 Å². The molecule has 2 aromatic heterocycles. The van der Waals surface area contributed by atoms with Gasteiger partial charge in [0, 0.05) is 22.8 Å². The van der Waals surface area contributed by atoms with Gasteiger partial charge in [-0.05, 0) is 36.8 Å². The molecule has 0 bridgehead atoms. The van der Waals surface area contributed by atoms with E-state index in [4.69, 9.17) is 11.6 Å². The summed E-state index contributed by atoms with van der Waals surface area (Å²) < 4.78 is 0. The normalized spacial score (nSPS) is 13.7. The van der Waals surface area contributed by atoms with Crippen molar-refractivity contribution < 1.29 is 9.90 Å². The molecule has 0 aliphatic carbocycles. The first kappa shape index (κ1) is 15.5. The lowest BCUT2D eigenvalue weighted by Crippen LogP contribution is -2.38. The second kappa shape index (κ2) is 6.02. The van der Waals surface area contributed by atoms with Crippen LogP contribution in [0, 0.1) is 0 Å². The van der Waals surface area contributed by atoms with Crippen LogP contribution >= 0.6 is 11.6 Å². The summed E-state index contributed by atoms with van der Waals surface area (Å²) in [6, 6.07) is 10.4. The summed E-state index contributed by atoms with van der Waals surface area (Å²) in [5.41, 5.74) is 0.592. The minimum atomic E-state index is -1.22. The number of benzene rings is 1. The molecule has 6 heteroatoms. The van der Waals surface area contributed by atoms with E-state index in [0.29, 0.717) is 21.8 Å². The van der Waals surface area contributed by atoms with E-state index in [9.17, 15) is 9.90 Å². The third kappa shape index (κ3) is 3.21. The SMILES string of the molecule is CC(O)(CNC(=O)c1ccnc2[nH]ccc12)c1cccc(Cl)c1. The zero-order chi connectivity index (χ0) is 16.4. The Bertz CT molecular complexity index is 858. The summed E-state index contributed by atoms with van der Waals surface area (Å²) in [7, 11) is 0.